The summed E-state index contributed by atoms with van der Waals surface area (Å²) >= 11 is 11.5. The maximum atomic E-state index is 11.7. The van der Waals surface area contributed by atoms with Crippen LogP contribution in [0.15, 0.2) is 23.1 Å². The van der Waals surface area contributed by atoms with Gasteiger partial charge in [-0.05, 0) is 31.2 Å². The van der Waals surface area contributed by atoms with Crippen LogP contribution in [0, 0.1) is 0 Å². The third kappa shape index (κ3) is 3.34. The first-order chi connectivity index (χ1) is 6.97. The Bertz CT molecular complexity index is 445. The van der Waals surface area contributed by atoms with Crippen molar-refractivity contribution in [3.63, 3.8) is 0 Å². The van der Waals surface area contributed by atoms with Crippen LogP contribution in [0.4, 0.5) is 0 Å². The van der Waals surface area contributed by atoms with Crippen molar-refractivity contribution in [1.82, 2.24) is 0 Å². The molecule has 0 saturated heterocycles. The average molecular weight is 268 g/mol. The van der Waals surface area contributed by atoms with E-state index in [1.807, 2.05) is 0 Å². The van der Waals surface area contributed by atoms with E-state index in [1.54, 1.807) is 0 Å². The molecule has 0 aliphatic carbocycles. The van der Waals surface area contributed by atoms with Gasteiger partial charge in [-0.15, -0.1) is 0 Å². The molecule has 0 aliphatic rings. The second kappa shape index (κ2) is 5.16. The Kier molecular flexibility index (Phi) is 4.40. The van der Waals surface area contributed by atoms with Gasteiger partial charge in [0.25, 0.3) is 0 Å². The first-order valence-corrected chi connectivity index (χ1v) is 6.76. The van der Waals surface area contributed by atoms with E-state index in [9.17, 15) is 8.42 Å². The van der Waals surface area contributed by atoms with Crippen LogP contribution in [-0.2, 0) is 9.84 Å². The largest absolute Gasteiger partial charge is 0.330 e. The van der Waals surface area contributed by atoms with Crippen molar-refractivity contribution in [3.8, 4) is 0 Å². The number of hydrogen-bond donors (Lipinski definition) is 1. The maximum Gasteiger partial charge on any atom is 0.179 e. The Hall–Kier alpha value is -0.290. The fourth-order valence-corrected chi connectivity index (χ4v) is 3.27. The molecule has 15 heavy (non-hydrogen) atoms. The van der Waals surface area contributed by atoms with E-state index in [4.69, 9.17) is 28.9 Å². The summed E-state index contributed by atoms with van der Waals surface area (Å²) in [6.07, 6.45) is 0.418. The quantitative estimate of drug-likeness (QED) is 0.909. The molecule has 0 fully saturated rings. The first-order valence-electron chi connectivity index (χ1n) is 4.35. The van der Waals surface area contributed by atoms with Crippen LogP contribution in [0.1, 0.15) is 6.42 Å². The lowest BCUT2D eigenvalue weighted by Gasteiger charge is -2.05. The van der Waals surface area contributed by atoms with Gasteiger partial charge in [0.2, 0.25) is 0 Å². The zero-order valence-corrected chi connectivity index (χ0v) is 10.2. The minimum absolute atomic E-state index is 0.00481. The molecule has 6 heteroatoms. The molecule has 0 aliphatic heterocycles. The van der Waals surface area contributed by atoms with E-state index in [-0.39, 0.29) is 15.7 Å². The zero-order chi connectivity index (χ0) is 11.5. The lowest BCUT2D eigenvalue weighted by molar-refractivity contribution is 0.593. The molecule has 0 spiro atoms. The second-order valence-corrected chi connectivity index (χ2v) is 5.96. The third-order valence-corrected chi connectivity index (χ3v) is 4.36. The number of sulfone groups is 1. The van der Waals surface area contributed by atoms with E-state index in [2.05, 4.69) is 0 Å². The van der Waals surface area contributed by atoms with E-state index < -0.39 is 9.84 Å². The Balaban J connectivity index is 3.05. The average Bonchev–Trinajstić information content (AvgIpc) is 2.14. The lowest BCUT2D eigenvalue weighted by atomic mass is 10.4. The molecular formula is C9H11Cl2NO2S. The number of rotatable bonds is 4. The summed E-state index contributed by atoms with van der Waals surface area (Å²) in [5.74, 6) is 0.00481. The molecule has 0 unspecified atom stereocenters. The Morgan fingerprint density at radius 1 is 1.27 bits per heavy atom. The fourth-order valence-electron chi connectivity index (χ4n) is 1.11. The van der Waals surface area contributed by atoms with Gasteiger partial charge in [0.05, 0.1) is 15.7 Å². The van der Waals surface area contributed by atoms with Gasteiger partial charge in [-0.3, -0.25) is 0 Å². The highest BCUT2D eigenvalue weighted by Gasteiger charge is 2.17. The standard InChI is InChI=1S/C9H11Cl2NO2S/c10-7-2-3-9(8(11)6-7)15(13,14)5-1-4-12/h2-3,6H,1,4-5,12H2. The molecule has 0 bridgehead atoms. The molecule has 1 rings (SSSR count). The van der Waals surface area contributed by atoms with Gasteiger partial charge < -0.3 is 5.73 Å². The molecule has 0 radical (unpaired) electrons. The van der Waals surface area contributed by atoms with Crippen molar-refractivity contribution in [2.24, 2.45) is 5.73 Å². The smallest absolute Gasteiger partial charge is 0.179 e. The maximum absolute atomic E-state index is 11.7. The highest BCUT2D eigenvalue weighted by molar-refractivity contribution is 7.91. The highest BCUT2D eigenvalue weighted by Crippen LogP contribution is 2.25. The van der Waals surface area contributed by atoms with E-state index in [0.29, 0.717) is 18.0 Å². The zero-order valence-electron chi connectivity index (χ0n) is 7.91. The lowest BCUT2D eigenvalue weighted by Crippen LogP contribution is -2.11. The molecule has 1 aromatic rings. The van der Waals surface area contributed by atoms with Crippen molar-refractivity contribution in [2.45, 2.75) is 11.3 Å². The van der Waals surface area contributed by atoms with E-state index >= 15 is 0 Å². The van der Waals surface area contributed by atoms with Crippen molar-refractivity contribution >= 4 is 33.0 Å². The summed E-state index contributed by atoms with van der Waals surface area (Å²) in [5.41, 5.74) is 5.26. The number of halogens is 2. The van der Waals surface area contributed by atoms with Crippen molar-refractivity contribution in [1.29, 1.82) is 0 Å². The normalized spacial score (nSPS) is 11.7. The summed E-state index contributed by atoms with van der Waals surface area (Å²) in [4.78, 5) is 0.113. The molecule has 0 saturated carbocycles. The summed E-state index contributed by atoms with van der Waals surface area (Å²) in [7, 11) is -3.34. The number of benzene rings is 1. The summed E-state index contributed by atoms with van der Waals surface area (Å²) in [6.45, 7) is 0.338. The molecule has 0 heterocycles. The third-order valence-electron chi connectivity index (χ3n) is 1.85. The molecule has 3 nitrogen and oxygen atoms in total. The molecule has 84 valence electrons. The predicted molar refractivity (Wildman–Crippen MR) is 62.2 cm³/mol. The van der Waals surface area contributed by atoms with E-state index in [0.717, 1.165) is 0 Å². The highest BCUT2D eigenvalue weighted by atomic mass is 35.5. The minimum Gasteiger partial charge on any atom is -0.330 e. The van der Waals surface area contributed by atoms with Crippen LogP contribution in [0.25, 0.3) is 0 Å². The van der Waals surface area contributed by atoms with Gasteiger partial charge in [0.1, 0.15) is 0 Å². The van der Waals surface area contributed by atoms with Crippen LogP contribution in [-0.4, -0.2) is 20.7 Å². The predicted octanol–water partition coefficient (Wildman–Crippen LogP) is 2.12. The van der Waals surface area contributed by atoms with Gasteiger partial charge in [-0.1, -0.05) is 23.2 Å². The van der Waals surface area contributed by atoms with Crippen LogP contribution in [0.2, 0.25) is 10.0 Å². The Morgan fingerprint density at radius 3 is 2.47 bits per heavy atom. The van der Waals surface area contributed by atoms with Crippen LogP contribution < -0.4 is 5.73 Å². The summed E-state index contributed by atoms with van der Waals surface area (Å²) in [6, 6.07) is 4.33. The van der Waals surface area contributed by atoms with Crippen molar-refractivity contribution in [3.05, 3.63) is 28.2 Å². The fraction of sp³-hybridized carbons (Fsp3) is 0.333. The molecule has 0 aromatic heterocycles. The van der Waals surface area contributed by atoms with Gasteiger partial charge in [0, 0.05) is 5.02 Å². The monoisotopic (exact) mass is 267 g/mol. The SMILES string of the molecule is NCCCS(=O)(=O)c1ccc(Cl)cc1Cl. The number of nitrogens with two attached hydrogens (primary N) is 1. The van der Waals surface area contributed by atoms with Gasteiger partial charge in [0.15, 0.2) is 9.84 Å². The number of hydrogen-bond acceptors (Lipinski definition) is 3. The summed E-state index contributed by atoms with van der Waals surface area (Å²) in [5, 5.41) is 0.567. The molecule has 0 amide bonds. The van der Waals surface area contributed by atoms with Gasteiger partial charge in [-0.25, -0.2) is 8.42 Å². The molecule has 0 atom stereocenters. The molecule has 2 N–H and O–H groups in total. The van der Waals surface area contributed by atoms with Gasteiger partial charge in [-0.2, -0.15) is 0 Å². The van der Waals surface area contributed by atoms with Crippen LogP contribution >= 0.6 is 23.2 Å². The van der Waals surface area contributed by atoms with Crippen molar-refractivity contribution in [2.75, 3.05) is 12.3 Å². The minimum atomic E-state index is -3.34. The molecule has 1 aromatic carbocycles. The molecular weight excluding hydrogens is 257 g/mol. The Labute approximate surface area is 99.1 Å². The summed E-state index contributed by atoms with van der Waals surface area (Å²) < 4.78 is 23.5. The van der Waals surface area contributed by atoms with Gasteiger partial charge >= 0.3 is 0 Å². The van der Waals surface area contributed by atoms with E-state index in [1.165, 1.54) is 18.2 Å². The van der Waals surface area contributed by atoms with Crippen LogP contribution in [0.5, 0.6) is 0 Å². The van der Waals surface area contributed by atoms with Crippen molar-refractivity contribution < 1.29 is 8.42 Å². The Morgan fingerprint density at radius 2 is 1.93 bits per heavy atom. The topological polar surface area (TPSA) is 60.2 Å². The second-order valence-electron chi connectivity index (χ2n) is 3.04. The first kappa shape index (κ1) is 12.8. The van der Waals surface area contributed by atoms with Crippen LogP contribution in [0.3, 0.4) is 0 Å².